The smallest absolute Gasteiger partial charge is 0.264 e. The van der Waals surface area contributed by atoms with Crippen molar-refractivity contribution >= 4 is 46.6 Å². The lowest BCUT2D eigenvalue weighted by molar-refractivity contribution is -0.136. The molecule has 5 aliphatic heterocycles. The molecule has 14 heteroatoms. The van der Waals surface area contributed by atoms with Gasteiger partial charge in [0.1, 0.15) is 6.04 Å². The first-order chi connectivity index (χ1) is 30.7. The zero-order valence-corrected chi connectivity index (χ0v) is 35.6. The zero-order chi connectivity index (χ0) is 43.5. The molecule has 6 heterocycles. The maximum atomic E-state index is 13.4. The van der Waals surface area contributed by atoms with Crippen LogP contribution < -0.4 is 21.3 Å². The first-order valence-electron chi connectivity index (χ1n) is 22.6. The molecule has 328 valence electrons. The van der Waals surface area contributed by atoms with E-state index in [0.29, 0.717) is 30.5 Å². The highest BCUT2D eigenvalue weighted by Gasteiger charge is 2.46. The monoisotopic (exact) mass is 852 g/mol. The average Bonchev–Trinajstić information content (AvgIpc) is 3.83. The molecule has 0 radical (unpaired) electrons. The molecule has 3 fully saturated rings. The SMILES string of the molecule is O=C1CCC(N2C(=O)c3cccc(NCCCC4CCN(CCCC(=O)Nc5cccc(-c6ccc7c(c6)[C@H]6[C@H](CCN6Cc6ccncc6)[C@@H](CO)N7)c5)CC4)c3C2=O)C(=O)N1. The van der Waals surface area contributed by atoms with Gasteiger partial charge in [-0.2, -0.15) is 0 Å². The summed E-state index contributed by atoms with van der Waals surface area (Å²) in [7, 11) is 0. The van der Waals surface area contributed by atoms with Crippen molar-refractivity contribution in [2.24, 2.45) is 11.8 Å². The number of aromatic nitrogens is 1. The third-order valence-corrected chi connectivity index (χ3v) is 13.7. The van der Waals surface area contributed by atoms with Crippen LogP contribution in [0.1, 0.15) is 95.7 Å². The Morgan fingerprint density at radius 2 is 1.67 bits per heavy atom. The Morgan fingerprint density at radius 3 is 2.48 bits per heavy atom. The van der Waals surface area contributed by atoms with Crippen LogP contribution in [0.25, 0.3) is 11.1 Å². The van der Waals surface area contributed by atoms with Gasteiger partial charge in [-0.15, -0.1) is 0 Å². The van der Waals surface area contributed by atoms with E-state index in [1.54, 1.807) is 18.2 Å². The van der Waals surface area contributed by atoms with E-state index in [1.807, 2.05) is 24.5 Å². The quantitative estimate of drug-likeness (QED) is 0.0720. The molecule has 0 aliphatic carbocycles. The van der Waals surface area contributed by atoms with Crippen LogP contribution in [-0.4, -0.2) is 106 Å². The number of likely N-dealkylation sites (tertiary alicyclic amines) is 2. The van der Waals surface area contributed by atoms with Gasteiger partial charge in [-0.1, -0.05) is 24.3 Å². The lowest BCUT2D eigenvalue weighted by Crippen LogP contribution is -2.54. The number of nitrogens with one attached hydrogen (secondary N) is 4. The minimum Gasteiger partial charge on any atom is -0.394 e. The fraction of sp³-hybridized carbons (Fsp3) is 0.429. The third kappa shape index (κ3) is 9.11. The van der Waals surface area contributed by atoms with Gasteiger partial charge in [-0.25, -0.2) is 0 Å². The molecule has 5 aliphatic rings. The lowest BCUT2D eigenvalue weighted by Gasteiger charge is -2.39. The number of amides is 5. The van der Waals surface area contributed by atoms with Crippen molar-refractivity contribution in [1.29, 1.82) is 0 Å². The van der Waals surface area contributed by atoms with Gasteiger partial charge in [-0.3, -0.25) is 44.1 Å². The molecule has 0 bridgehead atoms. The number of anilines is 3. The number of nitrogens with zero attached hydrogens (tertiary/aromatic N) is 4. The molecule has 63 heavy (non-hydrogen) atoms. The summed E-state index contributed by atoms with van der Waals surface area (Å²) in [6.45, 7) is 5.42. The molecule has 1 aromatic heterocycles. The number of benzene rings is 3. The largest absolute Gasteiger partial charge is 0.394 e. The summed E-state index contributed by atoms with van der Waals surface area (Å²) in [6, 6.07) is 23.1. The molecule has 0 saturated carbocycles. The Bertz CT molecular complexity index is 2370. The number of hydrogen-bond donors (Lipinski definition) is 5. The fourth-order valence-corrected chi connectivity index (χ4v) is 10.5. The number of aliphatic hydroxyl groups is 1. The number of pyridine rings is 1. The Hall–Kier alpha value is -5.96. The van der Waals surface area contributed by atoms with E-state index in [2.05, 4.69) is 78.5 Å². The first-order valence-corrected chi connectivity index (χ1v) is 22.6. The number of carbonyl (C=O) groups is 5. The lowest BCUT2D eigenvalue weighted by atomic mass is 9.82. The second-order valence-electron chi connectivity index (χ2n) is 17.7. The van der Waals surface area contributed by atoms with Crippen LogP contribution in [0.2, 0.25) is 0 Å². The van der Waals surface area contributed by atoms with Gasteiger partial charge in [-0.05, 0) is 148 Å². The number of imide groups is 2. The van der Waals surface area contributed by atoms with Crippen LogP contribution in [0.15, 0.2) is 85.2 Å². The number of aliphatic hydroxyl groups excluding tert-OH is 1. The van der Waals surface area contributed by atoms with E-state index >= 15 is 0 Å². The molecule has 4 aromatic rings. The number of rotatable bonds is 15. The van der Waals surface area contributed by atoms with Gasteiger partial charge in [0, 0.05) is 67.3 Å². The molecule has 5 amide bonds. The summed E-state index contributed by atoms with van der Waals surface area (Å²) in [4.78, 5) is 74.0. The summed E-state index contributed by atoms with van der Waals surface area (Å²) in [6.07, 6.45) is 10.3. The number of carbonyl (C=O) groups excluding carboxylic acids is 5. The minimum atomic E-state index is -0.986. The van der Waals surface area contributed by atoms with Gasteiger partial charge in [0.2, 0.25) is 17.7 Å². The van der Waals surface area contributed by atoms with Gasteiger partial charge in [0.25, 0.3) is 11.8 Å². The van der Waals surface area contributed by atoms with Crippen molar-refractivity contribution in [3.63, 3.8) is 0 Å². The second-order valence-corrected chi connectivity index (χ2v) is 17.7. The third-order valence-electron chi connectivity index (χ3n) is 13.7. The Labute approximate surface area is 367 Å². The molecule has 3 saturated heterocycles. The van der Waals surface area contributed by atoms with Crippen LogP contribution in [0.3, 0.4) is 0 Å². The van der Waals surface area contributed by atoms with Gasteiger partial charge in [0.15, 0.2) is 0 Å². The molecule has 4 atom stereocenters. The van der Waals surface area contributed by atoms with Crippen LogP contribution >= 0.6 is 0 Å². The summed E-state index contributed by atoms with van der Waals surface area (Å²) in [5.41, 5.74) is 7.62. The van der Waals surface area contributed by atoms with Crippen molar-refractivity contribution in [2.45, 2.75) is 82.5 Å². The molecule has 9 rings (SSSR count). The van der Waals surface area contributed by atoms with Gasteiger partial charge < -0.3 is 26.0 Å². The van der Waals surface area contributed by atoms with Crippen LogP contribution in [0.5, 0.6) is 0 Å². The Morgan fingerprint density at radius 1 is 0.857 bits per heavy atom. The highest BCUT2D eigenvalue weighted by atomic mass is 16.3. The van der Waals surface area contributed by atoms with Gasteiger partial charge >= 0.3 is 0 Å². The molecular weight excluding hydrogens is 797 g/mol. The molecule has 3 aromatic carbocycles. The summed E-state index contributed by atoms with van der Waals surface area (Å²) < 4.78 is 0. The van der Waals surface area contributed by atoms with Crippen molar-refractivity contribution in [3.05, 3.63) is 107 Å². The maximum absolute atomic E-state index is 13.4. The summed E-state index contributed by atoms with van der Waals surface area (Å²) in [5.74, 6) is -1.10. The van der Waals surface area contributed by atoms with E-state index in [0.717, 1.165) is 98.7 Å². The predicted molar refractivity (Wildman–Crippen MR) is 240 cm³/mol. The van der Waals surface area contributed by atoms with Gasteiger partial charge in [0.05, 0.1) is 23.8 Å². The maximum Gasteiger partial charge on any atom is 0.264 e. The van der Waals surface area contributed by atoms with E-state index in [9.17, 15) is 29.1 Å². The van der Waals surface area contributed by atoms with Crippen molar-refractivity contribution in [1.82, 2.24) is 25.0 Å². The number of piperidine rings is 2. The second kappa shape index (κ2) is 18.8. The standard InChI is InChI=1S/C49H56N8O6/c58-30-41-36-19-26-56(29-32-15-21-50-22-16-32)46(36)38-28-34(11-12-39(38)53-41)33-6-1-7-35(27-33)52-43(59)10-4-23-55-24-17-31(18-25-55)5-3-20-51-40-9-2-8-37-45(40)49(63)57(48(37)62)42-13-14-44(60)54-47(42)61/h1-2,6-9,11-12,15-16,21-22,27-28,31,36,41-42,46,51,53,58H,3-5,10,13-14,17-20,23-26,29-30H2,(H,52,59)(H,54,60,61)/t36-,41-,42?,46-/m1/s1. The van der Waals surface area contributed by atoms with Crippen LogP contribution in [0, 0.1) is 11.8 Å². The highest BCUT2D eigenvalue weighted by molar-refractivity contribution is 6.25. The van der Waals surface area contributed by atoms with E-state index < -0.39 is 29.7 Å². The molecular formula is C49H56N8O6. The molecule has 5 N–H and O–H groups in total. The number of fused-ring (bicyclic) bond motifs is 4. The molecule has 14 nitrogen and oxygen atoms in total. The van der Waals surface area contributed by atoms with Crippen molar-refractivity contribution in [3.8, 4) is 11.1 Å². The van der Waals surface area contributed by atoms with E-state index in [1.165, 1.54) is 11.1 Å². The average molecular weight is 853 g/mol. The fourth-order valence-electron chi connectivity index (χ4n) is 10.5. The Balaban J connectivity index is 0.713. The predicted octanol–water partition coefficient (Wildman–Crippen LogP) is 5.82. The van der Waals surface area contributed by atoms with Crippen molar-refractivity contribution in [2.75, 3.05) is 55.3 Å². The normalized spacial score (nSPS) is 22.6. The Kier molecular flexibility index (Phi) is 12.6. The topological polar surface area (TPSA) is 176 Å². The highest BCUT2D eigenvalue weighted by Crippen LogP contribution is 2.48. The zero-order valence-electron chi connectivity index (χ0n) is 35.6. The molecule has 1 unspecified atom stereocenters. The van der Waals surface area contributed by atoms with E-state index in [-0.39, 0.29) is 48.6 Å². The molecule has 0 spiro atoms. The summed E-state index contributed by atoms with van der Waals surface area (Å²) >= 11 is 0. The van der Waals surface area contributed by atoms with Crippen LogP contribution in [0.4, 0.5) is 17.1 Å². The number of hydrogen-bond acceptors (Lipinski definition) is 11. The minimum absolute atomic E-state index is 0.0126. The van der Waals surface area contributed by atoms with Crippen molar-refractivity contribution < 1.29 is 29.1 Å². The first kappa shape index (κ1) is 42.3. The van der Waals surface area contributed by atoms with Crippen LogP contribution in [-0.2, 0) is 20.9 Å². The van der Waals surface area contributed by atoms with E-state index in [4.69, 9.17) is 0 Å². The summed E-state index contributed by atoms with van der Waals surface area (Å²) in [5, 5.41) is 22.6.